The van der Waals surface area contributed by atoms with Crippen molar-refractivity contribution in [2.45, 2.75) is 24.3 Å². The standard InChI is InChI=1S/C12H20N4O4S/c1-16-6-3-9(4-7-16)2-5-14-21(19,20)11-10(12(17)18)8-13-15-11/h8-9,14H,2-7H2,1H3,(H,13,15)(H,17,18). The number of carboxylic acids is 1. The summed E-state index contributed by atoms with van der Waals surface area (Å²) in [5.41, 5.74) is -0.346. The molecule has 1 fully saturated rings. The summed E-state index contributed by atoms with van der Waals surface area (Å²) in [7, 11) is -1.79. The maximum absolute atomic E-state index is 12.1. The summed E-state index contributed by atoms with van der Waals surface area (Å²) in [6.07, 6.45) is 3.86. The first kappa shape index (κ1) is 15.9. The molecule has 0 aliphatic carbocycles. The number of sulfonamides is 1. The summed E-state index contributed by atoms with van der Waals surface area (Å²) in [5.74, 6) is -0.816. The van der Waals surface area contributed by atoms with Gasteiger partial charge in [0.2, 0.25) is 0 Å². The molecular formula is C12H20N4O4S. The van der Waals surface area contributed by atoms with Crippen molar-refractivity contribution in [2.24, 2.45) is 5.92 Å². The van der Waals surface area contributed by atoms with Gasteiger partial charge in [-0.05, 0) is 45.3 Å². The van der Waals surface area contributed by atoms with Crippen LogP contribution in [0.25, 0.3) is 0 Å². The van der Waals surface area contributed by atoms with Crippen LogP contribution in [0.5, 0.6) is 0 Å². The van der Waals surface area contributed by atoms with Crippen LogP contribution >= 0.6 is 0 Å². The van der Waals surface area contributed by atoms with Gasteiger partial charge in [-0.15, -0.1) is 0 Å². The van der Waals surface area contributed by atoms with Crippen LogP contribution in [0.2, 0.25) is 0 Å². The van der Waals surface area contributed by atoms with Crippen molar-refractivity contribution in [3.63, 3.8) is 0 Å². The lowest BCUT2D eigenvalue weighted by Gasteiger charge is -2.28. The third-order valence-electron chi connectivity index (χ3n) is 3.79. The molecule has 0 atom stereocenters. The first-order valence-corrected chi connectivity index (χ1v) is 8.33. The topological polar surface area (TPSA) is 115 Å². The van der Waals surface area contributed by atoms with E-state index in [0.717, 1.165) is 38.5 Å². The smallest absolute Gasteiger partial charge is 0.340 e. The molecule has 1 aromatic rings. The molecule has 0 radical (unpaired) electrons. The average Bonchev–Trinajstić information content (AvgIpc) is 2.91. The fraction of sp³-hybridized carbons (Fsp3) is 0.667. The summed E-state index contributed by atoms with van der Waals surface area (Å²) in [6.45, 7) is 2.36. The first-order chi connectivity index (χ1) is 9.90. The number of aromatic amines is 1. The lowest BCUT2D eigenvalue weighted by molar-refractivity contribution is 0.0692. The third kappa shape index (κ3) is 4.02. The minimum absolute atomic E-state index is 0.300. The van der Waals surface area contributed by atoms with Crippen molar-refractivity contribution >= 4 is 16.0 Å². The van der Waals surface area contributed by atoms with Gasteiger partial charge in [0.15, 0.2) is 5.03 Å². The van der Waals surface area contributed by atoms with Crippen molar-refractivity contribution in [2.75, 3.05) is 26.7 Å². The maximum atomic E-state index is 12.1. The van der Waals surface area contributed by atoms with Crippen LogP contribution in [0, 0.1) is 5.92 Å². The van der Waals surface area contributed by atoms with Gasteiger partial charge in [0.1, 0.15) is 5.56 Å². The number of piperidine rings is 1. The zero-order valence-corrected chi connectivity index (χ0v) is 12.7. The van der Waals surface area contributed by atoms with E-state index >= 15 is 0 Å². The minimum Gasteiger partial charge on any atom is -0.478 e. The van der Waals surface area contributed by atoms with Crippen molar-refractivity contribution in [1.29, 1.82) is 0 Å². The highest BCUT2D eigenvalue weighted by atomic mass is 32.2. The molecule has 0 aromatic carbocycles. The highest BCUT2D eigenvalue weighted by molar-refractivity contribution is 7.89. The van der Waals surface area contributed by atoms with Gasteiger partial charge in [-0.25, -0.2) is 17.9 Å². The second-order valence-corrected chi connectivity index (χ2v) is 7.05. The number of H-pyrrole nitrogens is 1. The molecule has 1 aliphatic rings. The van der Waals surface area contributed by atoms with E-state index < -0.39 is 21.0 Å². The van der Waals surface area contributed by atoms with Crippen LogP contribution in [-0.2, 0) is 10.0 Å². The van der Waals surface area contributed by atoms with E-state index in [1.807, 2.05) is 0 Å². The van der Waals surface area contributed by atoms with Gasteiger partial charge in [0.05, 0.1) is 6.20 Å². The first-order valence-electron chi connectivity index (χ1n) is 6.85. The third-order valence-corrected chi connectivity index (χ3v) is 5.22. The van der Waals surface area contributed by atoms with E-state index in [1.165, 1.54) is 0 Å². The Labute approximate surface area is 123 Å². The number of aromatic carboxylic acids is 1. The number of carboxylic acid groups (broad SMARTS) is 1. The predicted molar refractivity (Wildman–Crippen MR) is 75.6 cm³/mol. The number of hydrogen-bond donors (Lipinski definition) is 3. The highest BCUT2D eigenvalue weighted by Gasteiger charge is 2.25. The van der Waals surface area contributed by atoms with Crippen LogP contribution in [0.3, 0.4) is 0 Å². The molecular weight excluding hydrogens is 296 g/mol. The van der Waals surface area contributed by atoms with Crippen LogP contribution in [0.1, 0.15) is 29.6 Å². The molecule has 0 amide bonds. The Hall–Kier alpha value is -1.45. The van der Waals surface area contributed by atoms with Gasteiger partial charge < -0.3 is 10.0 Å². The molecule has 0 saturated carbocycles. The Bertz CT molecular complexity index is 590. The predicted octanol–water partition coefficient (Wildman–Crippen LogP) is 0.118. The molecule has 118 valence electrons. The SMILES string of the molecule is CN1CCC(CCNS(=O)(=O)c2[nH]ncc2C(=O)O)CC1. The second-order valence-electron chi connectivity index (χ2n) is 5.35. The maximum Gasteiger partial charge on any atom is 0.340 e. The van der Waals surface area contributed by atoms with Crippen molar-refractivity contribution in [3.8, 4) is 0 Å². The second kappa shape index (κ2) is 6.54. The molecule has 1 saturated heterocycles. The summed E-state index contributed by atoms with van der Waals surface area (Å²) in [4.78, 5) is 13.2. The molecule has 9 heteroatoms. The molecule has 8 nitrogen and oxygen atoms in total. The molecule has 0 bridgehead atoms. The quantitative estimate of drug-likeness (QED) is 0.686. The molecule has 3 N–H and O–H groups in total. The van der Waals surface area contributed by atoms with E-state index in [-0.39, 0.29) is 5.56 Å². The normalized spacial score (nSPS) is 18.0. The van der Waals surface area contributed by atoms with Crippen LogP contribution in [0.4, 0.5) is 0 Å². The van der Waals surface area contributed by atoms with Gasteiger partial charge in [0, 0.05) is 6.54 Å². The summed E-state index contributed by atoms with van der Waals surface area (Å²) < 4.78 is 26.6. The van der Waals surface area contributed by atoms with Crippen molar-refractivity contribution < 1.29 is 18.3 Å². The summed E-state index contributed by atoms with van der Waals surface area (Å²) in [5, 5.41) is 14.2. The van der Waals surface area contributed by atoms with Crippen LogP contribution in [0.15, 0.2) is 11.2 Å². The van der Waals surface area contributed by atoms with E-state index in [0.29, 0.717) is 12.5 Å². The molecule has 0 spiro atoms. The highest BCUT2D eigenvalue weighted by Crippen LogP contribution is 2.19. The number of aromatic nitrogens is 2. The number of likely N-dealkylation sites (tertiary alicyclic amines) is 1. The van der Waals surface area contributed by atoms with Gasteiger partial charge in [-0.2, -0.15) is 5.10 Å². The molecule has 1 aromatic heterocycles. The number of carbonyl (C=O) groups is 1. The van der Waals surface area contributed by atoms with E-state index in [4.69, 9.17) is 5.11 Å². The van der Waals surface area contributed by atoms with Crippen LogP contribution in [-0.4, -0.2) is 61.3 Å². The van der Waals surface area contributed by atoms with Gasteiger partial charge >= 0.3 is 5.97 Å². The Morgan fingerprint density at radius 3 is 2.81 bits per heavy atom. The molecule has 1 aliphatic heterocycles. The molecule has 2 rings (SSSR count). The monoisotopic (exact) mass is 316 g/mol. The Kier molecular flexibility index (Phi) is 4.96. The molecule has 21 heavy (non-hydrogen) atoms. The minimum atomic E-state index is -3.86. The fourth-order valence-electron chi connectivity index (χ4n) is 2.45. The molecule has 2 heterocycles. The summed E-state index contributed by atoms with van der Waals surface area (Å²) >= 11 is 0. The van der Waals surface area contributed by atoms with Gasteiger partial charge in [0.25, 0.3) is 10.0 Å². The van der Waals surface area contributed by atoms with Gasteiger partial charge in [-0.1, -0.05) is 0 Å². The van der Waals surface area contributed by atoms with E-state index in [1.54, 1.807) is 0 Å². The average molecular weight is 316 g/mol. The zero-order valence-electron chi connectivity index (χ0n) is 11.9. The molecule has 0 unspecified atom stereocenters. The van der Waals surface area contributed by atoms with E-state index in [9.17, 15) is 13.2 Å². The number of rotatable bonds is 6. The van der Waals surface area contributed by atoms with Crippen molar-refractivity contribution in [3.05, 3.63) is 11.8 Å². The van der Waals surface area contributed by atoms with E-state index in [2.05, 4.69) is 26.9 Å². The lowest BCUT2D eigenvalue weighted by Crippen LogP contribution is -2.33. The number of nitrogens with one attached hydrogen (secondary N) is 2. The van der Waals surface area contributed by atoms with Crippen LogP contribution < -0.4 is 4.72 Å². The Morgan fingerprint density at radius 1 is 1.52 bits per heavy atom. The Morgan fingerprint density at radius 2 is 2.19 bits per heavy atom. The number of nitrogens with zero attached hydrogens (tertiary/aromatic N) is 2. The fourth-order valence-corrected chi connectivity index (χ4v) is 3.59. The van der Waals surface area contributed by atoms with Crippen molar-refractivity contribution in [1.82, 2.24) is 19.8 Å². The van der Waals surface area contributed by atoms with Gasteiger partial charge in [-0.3, -0.25) is 5.10 Å². The summed E-state index contributed by atoms with van der Waals surface area (Å²) in [6, 6.07) is 0. The Balaban J connectivity index is 1.90. The number of hydrogen-bond acceptors (Lipinski definition) is 5. The lowest BCUT2D eigenvalue weighted by atomic mass is 9.94. The zero-order chi connectivity index (χ0) is 15.5. The largest absolute Gasteiger partial charge is 0.478 e.